The Balaban J connectivity index is 2.24. The van der Waals surface area contributed by atoms with Crippen molar-refractivity contribution in [2.75, 3.05) is 11.9 Å². The number of carbonyl (C=O) groups excluding carboxylic acids is 1. The van der Waals surface area contributed by atoms with Crippen molar-refractivity contribution in [1.82, 2.24) is 15.3 Å². The van der Waals surface area contributed by atoms with Crippen LogP contribution in [0.25, 0.3) is 0 Å². The van der Waals surface area contributed by atoms with E-state index in [2.05, 4.69) is 15.3 Å². The SMILES string of the molecule is CC(C)NC(=O)c1cc(N(C)c2ccccc2)ncn1. The highest BCUT2D eigenvalue weighted by molar-refractivity contribution is 5.93. The van der Waals surface area contributed by atoms with Crippen molar-refractivity contribution in [2.45, 2.75) is 19.9 Å². The molecule has 1 amide bonds. The Labute approximate surface area is 118 Å². The topological polar surface area (TPSA) is 58.1 Å². The monoisotopic (exact) mass is 270 g/mol. The maximum Gasteiger partial charge on any atom is 0.270 e. The van der Waals surface area contributed by atoms with Crippen molar-refractivity contribution in [3.05, 3.63) is 48.4 Å². The van der Waals surface area contributed by atoms with Gasteiger partial charge in [-0.25, -0.2) is 9.97 Å². The summed E-state index contributed by atoms with van der Waals surface area (Å²) in [5.74, 6) is 0.491. The van der Waals surface area contributed by atoms with Crippen LogP contribution in [-0.2, 0) is 0 Å². The molecule has 0 atom stereocenters. The van der Waals surface area contributed by atoms with E-state index in [1.165, 1.54) is 6.33 Å². The third-order valence-corrected chi connectivity index (χ3v) is 2.79. The van der Waals surface area contributed by atoms with Gasteiger partial charge in [0.15, 0.2) is 0 Å². The van der Waals surface area contributed by atoms with Crippen molar-refractivity contribution in [3.63, 3.8) is 0 Å². The fourth-order valence-corrected chi connectivity index (χ4v) is 1.77. The van der Waals surface area contributed by atoms with Gasteiger partial charge in [0, 0.05) is 24.8 Å². The van der Waals surface area contributed by atoms with Crippen LogP contribution in [0.15, 0.2) is 42.7 Å². The highest BCUT2D eigenvalue weighted by atomic mass is 16.1. The third-order valence-electron chi connectivity index (χ3n) is 2.79. The minimum Gasteiger partial charge on any atom is -0.349 e. The minimum atomic E-state index is -0.190. The number of benzene rings is 1. The van der Waals surface area contributed by atoms with Crippen LogP contribution in [0.4, 0.5) is 11.5 Å². The molecule has 1 aromatic carbocycles. The van der Waals surface area contributed by atoms with Crippen LogP contribution in [-0.4, -0.2) is 29.0 Å². The molecule has 0 saturated heterocycles. The van der Waals surface area contributed by atoms with Gasteiger partial charge in [0.1, 0.15) is 17.8 Å². The first kappa shape index (κ1) is 14.0. The first-order valence-corrected chi connectivity index (χ1v) is 6.49. The second kappa shape index (κ2) is 6.14. The van der Waals surface area contributed by atoms with Crippen molar-refractivity contribution < 1.29 is 4.79 Å². The molecule has 0 fully saturated rings. The average molecular weight is 270 g/mol. The number of aromatic nitrogens is 2. The Morgan fingerprint density at radius 2 is 1.90 bits per heavy atom. The van der Waals surface area contributed by atoms with E-state index in [0.29, 0.717) is 11.5 Å². The molecular weight excluding hydrogens is 252 g/mol. The van der Waals surface area contributed by atoms with Crippen LogP contribution in [0.3, 0.4) is 0 Å². The molecule has 0 saturated carbocycles. The summed E-state index contributed by atoms with van der Waals surface area (Å²) < 4.78 is 0. The fraction of sp³-hybridized carbons (Fsp3) is 0.267. The molecule has 0 aliphatic heterocycles. The highest BCUT2D eigenvalue weighted by Crippen LogP contribution is 2.20. The molecule has 20 heavy (non-hydrogen) atoms. The summed E-state index contributed by atoms with van der Waals surface area (Å²) in [6.07, 6.45) is 1.41. The Morgan fingerprint density at radius 3 is 2.55 bits per heavy atom. The van der Waals surface area contributed by atoms with Crippen molar-refractivity contribution >= 4 is 17.4 Å². The number of carbonyl (C=O) groups is 1. The maximum absolute atomic E-state index is 11.9. The van der Waals surface area contributed by atoms with E-state index in [1.807, 2.05) is 56.1 Å². The third kappa shape index (κ3) is 3.32. The van der Waals surface area contributed by atoms with E-state index < -0.39 is 0 Å². The number of anilines is 2. The molecule has 0 radical (unpaired) electrons. The van der Waals surface area contributed by atoms with E-state index in [9.17, 15) is 4.79 Å². The van der Waals surface area contributed by atoms with Gasteiger partial charge in [-0.05, 0) is 26.0 Å². The second-order valence-corrected chi connectivity index (χ2v) is 4.78. The van der Waals surface area contributed by atoms with Crippen molar-refractivity contribution in [1.29, 1.82) is 0 Å². The highest BCUT2D eigenvalue weighted by Gasteiger charge is 2.12. The lowest BCUT2D eigenvalue weighted by Gasteiger charge is -2.18. The quantitative estimate of drug-likeness (QED) is 0.926. The van der Waals surface area contributed by atoms with Gasteiger partial charge in [0.05, 0.1) is 0 Å². The van der Waals surface area contributed by atoms with Gasteiger partial charge in [-0.3, -0.25) is 4.79 Å². The summed E-state index contributed by atoms with van der Waals surface area (Å²) in [5.41, 5.74) is 1.37. The first-order valence-electron chi connectivity index (χ1n) is 6.49. The van der Waals surface area contributed by atoms with Crippen LogP contribution in [0.2, 0.25) is 0 Å². The number of hydrogen-bond acceptors (Lipinski definition) is 4. The molecule has 0 aliphatic rings. The summed E-state index contributed by atoms with van der Waals surface area (Å²) in [5, 5.41) is 2.82. The maximum atomic E-state index is 11.9. The van der Waals surface area contributed by atoms with Crippen molar-refractivity contribution in [3.8, 4) is 0 Å². The van der Waals surface area contributed by atoms with E-state index in [-0.39, 0.29) is 11.9 Å². The molecular formula is C15H18N4O. The van der Waals surface area contributed by atoms with E-state index in [0.717, 1.165) is 5.69 Å². The Hall–Kier alpha value is -2.43. The van der Waals surface area contributed by atoms with E-state index >= 15 is 0 Å². The van der Waals surface area contributed by atoms with E-state index in [4.69, 9.17) is 0 Å². The zero-order valence-electron chi connectivity index (χ0n) is 11.9. The van der Waals surface area contributed by atoms with E-state index in [1.54, 1.807) is 6.07 Å². The molecule has 0 spiro atoms. The van der Waals surface area contributed by atoms with Gasteiger partial charge in [0.2, 0.25) is 0 Å². The summed E-state index contributed by atoms with van der Waals surface area (Å²) in [6, 6.07) is 11.6. The molecule has 5 nitrogen and oxygen atoms in total. The zero-order chi connectivity index (χ0) is 14.5. The lowest BCUT2D eigenvalue weighted by atomic mass is 10.3. The lowest BCUT2D eigenvalue weighted by Crippen LogP contribution is -2.31. The molecule has 0 aliphatic carbocycles. The van der Waals surface area contributed by atoms with Crippen LogP contribution in [0.5, 0.6) is 0 Å². The number of amides is 1. The lowest BCUT2D eigenvalue weighted by molar-refractivity contribution is 0.0938. The zero-order valence-corrected chi connectivity index (χ0v) is 11.9. The van der Waals surface area contributed by atoms with Gasteiger partial charge >= 0.3 is 0 Å². The Bertz CT molecular complexity index is 583. The normalized spacial score (nSPS) is 10.4. The van der Waals surface area contributed by atoms with Gasteiger partial charge < -0.3 is 10.2 Å². The van der Waals surface area contributed by atoms with Crippen LogP contribution in [0, 0.1) is 0 Å². The summed E-state index contributed by atoms with van der Waals surface area (Å²) >= 11 is 0. The molecule has 2 rings (SSSR count). The summed E-state index contributed by atoms with van der Waals surface area (Å²) in [6.45, 7) is 3.83. The number of nitrogens with one attached hydrogen (secondary N) is 1. The number of hydrogen-bond donors (Lipinski definition) is 1. The molecule has 1 aromatic heterocycles. The van der Waals surface area contributed by atoms with Gasteiger partial charge in [-0.15, -0.1) is 0 Å². The summed E-state index contributed by atoms with van der Waals surface area (Å²) in [4.78, 5) is 22.1. The number of rotatable bonds is 4. The molecule has 1 N–H and O–H groups in total. The average Bonchev–Trinajstić information content (AvgIpc) is 2.47. The molecule has 2 aromatic rings. The largest absolute Gasteiger partial charge is 0.349 e. The molecule has 0 bridgehead atoms. The molecule has 0 unspecified atom stereocenters. The van der Waals surface area contributed by atoms with Crippen LogP contribution >= 0.6 is 0 Å². The van der Waals surface area contributed by atoms with Gasteiger partial charge in [-0.2, -0.15) is 0 Å². The Kier molecular flexibility index (Phi) is 4.30. The Morgan fingerprint density at radius 1 is 1.20 bits per heavy atom. The number of para-hydroxylation sites is 1. The standard InChI is InChI=1S/C15H18N4O/c1-11(2)18-15(20)13-9-14(17-10-16-13)19(3)12-7-5-4-6-8-12/h4-11H,1-3H3,(H,18,20). The smallest absolute Gasteiger partial charge is 0.270 e. The first-order chi connectivity index (χ1) is 9.58. The molecule has 5 heteroatoms. The van der Waals surface area contributed by atoms with Gasteiger partial charge in [0.25, 0.3) is 5.91 Å². The van der Waals surface area contributed by atoms with Crippen LogP contribution < -0.4 is 10.2 Å². The van der Waals surface area contributed by atoms with Crippen molar-refractivity contribution in [2.24, 2.45) is 0 Å². The van der Waals surface area contributed by atoms with Gasteiger partial charge in [-0.1, -0.05) is 18.2 Å². The van der Waals surface area contributed by atoms with Crippen LogP contribution in [0.1, 0.15) is 24.3 Å². The molecule has 1 heterocycles. The number of nitrogens with zero attached hydrogens (tertiary/aromatic N) is 3. The second-order valence-electron chi connectivity index (χ2n) is 4.78. The predicted molar refractivity (Wildman–Crippen MR) is 79.1 cm³/mol. The fourth-order valence-electron chi connectivity index (χ4n) is 1.77. The minimum absolute atomic E-state index is 0.0766. The summed E-state index contributed by atoms with van der Waals surface area (Å²) in [7, 11) is 1.90. The molecule has 104 valence electrons. The predicted octanol–water partition coefficient (Wildman–Crippen LogP) is 2.38.